The van der Waals surface area contributed by atoms with Crippen LogP contribution in [0, 0.1) is 17.8 Å². The summed E-state index contributed by atoms with van der Waals surface area (Å²) in [5.74, 6) is 5.88. The minimum Gasteiger partial charge on any atom is -0.369 e. The third-order valence-electron chi connectivity index (χ3n) is 5.33. The number of nitrogens with zero attached hydrogens (tertiary/aromatic N) is 3. The maximum Gasteiger partial charge on any atom is 0.253 e. The molecule has 150 valence electrons. The van der Waals surface area contributed by atoms with Gasteiger partial charge >= 0.3 is 0 Å². The van der Waals surface area contributed by atoms with E-state index in [4.69, 9.17) is 5.73 Å². The highest BCUT2D eigenvalue weighted by molar-refractivity contribution is 5.95. The lowest BCUT2D eigenvalue weighted by Gasteiger charge is -2.30. The lowest BCUT2D eigenvalue weighted by atomic mass is 9.95. The summed E-state index contributed by atoms with van der Waals surface area (Å²) in [4.78, 5) is 30.3. The second kappa shape index (κ2) is 8.66. The van der Waals surface area contributed by atoms with Crippen LogP contribution in [0.15, 0.2) is 67.3 Å². The van der Waals surface area contributed by atoms with Crippen LogP contribution in [0.2, 0.25) is 0 Å². The zero-order chi connectivity index (χ0) is 20.9. The van der Waals surface area contributed by atoms with E-state index in [0.717, 1.165) is 16.8 Å². The molecular formula is C24H22N4O2. The number of imidazole rings is 1. The minimum atomic E-state index is -0.287. The second-order valence-corrected chi connectivity index (χ2v) is 7.29. The summed E-state index contributed by atoms with van der Waals surface area (Å²) in [6.07, 6.45) is 6.47. The molecule has 1 aromatic heterocycles. The number of hydrogen-bond donors (Lipinski definition) is 1. The van der Waals surface area contributed by atoms with Crippen molar-refractivity contribution in [3.05, 3.63) is 83.9 Å². The second-order valence-electron chi connectivity index (χ2n) is 7.29. The molecule has 1 aliphatic heterocycles. The third-order valence-corrected chi connectivity index (χ3v) is 5.33. The molecule has 0 spiro atoms. The Hall–Kier alpha value is -3.85. The molecule has 1 fully saturated rings. The molecule has 1 aliphatic rings. The molecule has 0 aliphatic carbocycles. The average molecular weight is 398 g/mol. The fourth-order valence-corrected chi connectivity index (χ4v) is 3.61. The number of carbonyl (C=O) groups excluding carboxylic acids is 2. The summed E-state index contributed by atoms with van der Waals surface area (Å²) >= 11 is 0. The Morgan fingerprint density at radius 2 is 1.80 bits per heavy atom. The van der Waals surface area contributed by atoms with Gasteiger partial charge in [0.05, 0.1) is 12.0 Å². The third kappa shape index (κ3) is 4.26. The van der Waals surface area contributed by atoms with Crippen LogP contribution in [0.5, 0.6) is 0 Å². The van der Waals surface area contributed by atoms with Crippen LogP contribution in [-0.2, 0) is 4.79 Å². The number of rotatable bonds is 3. The first kappa shape index (κ1) is 19.5. The van der Waals surface area contributed by atoms with Gasteiger partial charge < -0.3 is 15.2 Å². The van der Waals surface area contributed by atoms with Crippen LogP contribution in [0.4, 0.5) is 0 Å². The van der Waals surface area contributed by atoms with E-state index in [9.17, 15) is 9.59 Å². The summed E-state index contributed by atoms with van der Waals surface area (Å²) in [5.41, 5.74) is 8.48. The van der Waals surface area contributed by atoms with E-state index in [0.29, 0.717) is 31.5 Å². The van der Waals surface area contributed by atoms with Gasteiger partial charge in [-0.1, -0.05) is 30.0 Å². The lowest BCUT2D eigenvalue weighted by molar-refractivity contribution is -0.123. The van der Waals surface area contributed by atoms with Crippen LogP contribution in [0.1, 0.15) is 34.3 Å². The summed E-state index contributed by atoms with van der Waals surface area (Å²) in [6.45, 7) is 1.06. The van der Waals surface area contributed by atoms with Gasteiger partial charge in [-0.3, -0.25) is 9.59 Å². The molecular weight excluding hydrogens is 376 g/mol. The fourth-order valence-electron chi connectivity index (χ4n) is 3.61. The normalized spacial score (nSPS) is 14.1. The van der Waals surface area contributed by atoms with Gasteiger partial charge in [0, 0.05) is 48.1 Å². The van der Waals surface area contributed by atoms with E-state index in [2.05, 4.69) is 16.8 Å². The van der Waals surface area contributed by atoms with Crippen molar-refractivity contribution >= 4 is 11.8 Å². The molecule has 30 heavy (non-hydrogen) atoms. The Bertz CT molecular complexity index is 1100. The number of hydrogen-bond acceptors (Lipinski definition) is 3. The number of likely N-dealkylation sites (tertiary alicyclic amines) is 1. The Labute approximate surface area is 175 Å². The molecule has 0 radical (unpaired) electrons. The Morgan fingerprint density at radius 3 is 2.47 bits per heavy atom. The van der Waals surface area contributed by atoms with Crippen molar-refractivity contribution in [2.24, 2.45) is 11.7 Å². The van der Waals surface area contributed by atoms with Gasteiger partial charge in [0.1, 0.15) is 0 Å². The number of benzene rings is 2. The standard InChI is InChI=1S/C24H22N4O2/c25-23(29)19-10-13-27(14-11-19)24(30)21-8-9-22(28-15-12-26-17-28)20(16-21)7-6-18-4-2-1-3-5-18/h1-5,8-9,12,15-17,19H,10-11,13-14H2,(H2,25,29). The first-order chi connectivity index (χ1) is 14.6. The molecule has 2 heterocycles. The largest absolute Gasteiger partial charge is 0.369 e. The van der Waals surface area contributed by atoms with Gasteiger partial charge in [0.2, 0.25) is 5.91 Å². The molecule has 0 saturated carbocycles. The summed E-state index contributed by atoms with van der Waals surface area (Å²) < 4.78 is 1.88. The lowest BCUT2D eigenvalue weighted by Crippen LogP contribution is -2.41. The summed E-state index contributed by atoms with van der Waals surface area (Å²) in [5, 5.41) is 0. The number of nitrogens with two attached hydrogens (primary N) is 1. The number of carbonyl (C=O) groups is 2. The Kier molecular flexibility index (Phi) is 5.62. The van der Waals surface area contributed by atoms with Crippen LogP contribution < -0.4 is 5.73 Å². The highest BCUT2D eigenvalue weighted by Crippen LogP contribution is 2.21. The molecule has 1 saturated heterocycles. The quantitative estimate of drug-likeness (QED) is 0.689. The fraction of sp³-hybridized carbons (Fsp3) is 0.208. The van der Waals surface area contributed by atoms with Crippen molar-refractivity contribution in [3.63, 3.8) is 0 Å². The molecule has 2 N–H and O–H groups in total. The molecule has 4 rings (SSSR count). The highest BCUT2D eigenvalue weighted by Gasteiger charge is 2.26. The SMILES string of the molecule is NC(=O)C1CCN(C(=O)c2ccc(-n3ccnc3)c(C#Cc3ccccc3)c2)CC1. The maximum absolute atomic E-state index is 13.0. The molecule has 3 aromatic rings. The van der Waals surface area contributed by atoms with Crippen molar-refractivity contribution in [2.45, 2.75) is 12.8 Å². The zero-order valence-electron chi connectivity index (χ0n) is 16.5. The molecule has 2 aromatic carbocycles. The van der Waals surface area contributed by atoms with Gasteiger partial charge in [-0.25, -0.2) is 4.98 Å². The van der Waals surface area contributed by atoms with Crippen LogP contribution in [-0.4, -0.2) is 39.4 Å². The van der Waals surface area contributed by atoms with E-state index in [1.54, 1.807) is 17.4 Å². The van der Waals surface area contributed by atoms with Crippen LogP contribution in [0.25, 0.3) is 5.69 Å². The predicted octanol–water partition coefficient (Wildman–Crippen LogP) is 2.61. The average Bonchev–Trinajstić information content (AvgIpc) is 3.32. The van der Waals surface area contributed by atoms with E-state index >= 15 is 0 Å². The number of aromatic nitrogens is 2. The van der Waals surface area contributed by atoms with Crippen LogP contribution >= 0.6 is 0 Å². The summed E-state index contributed by atoms with van der Waals surface area (Å²) in [7, 11) is 0. The molecule has 0 bridgehead atoms. The molecule has 6 heteroatoms. The predicted molar refractivity (Wildman–Crippen MR) is 114 cm³/mol. The van der Waals surface area contributed by atoms with E-state index in [1.165, 1.54) is 0 Å². The monoisotopic (exact) mass is 398 g/mol. The number of amides is 2. The topological polar surface area (TPSA) is 81.2 Å². The molecule has 2 amide bonds. The van der Waals surface area contributed by atoms with Gasteiger partial charge in [-0.05, 0) is 43.2 Å². The van der Waals surface area contributed by atoms with Crippen molar-refractivity contribution in [1.82, 2.24) is 14.5 Å². The smallest absolute Gasteiger partial charge is 0.253 e. The van der Waals surface area contributed by atoms with E-state index < -0.39 is 0 Å². The molecule has 6 nitrogen and oxygen atoms in total. The van der Waals surface area contributed by atoms with Gasteiger partial charge in [-0.15, -0.1) is 0 Å². The van der Waals surface area contributed by atoms with Crippen molar-refractivity contribution in [2.75, 3.05) is 13.1 Å². The molecule has 0 atom stereocenters. The maximum atomic E-state index is 13.0. The zero-order valence-corrected chi connectivity index (χ0v) is 16.5. The number of primary amides is 1. The first-order valence-corrected chi connectivity index (χ1v) is 9.90. The minimum absolute atomic E-state index is 0.0575. The number of piperidine rings is 1. The van der Waals surface area contributed by atoms with Crippen LogP contribution in [0.3, 0.4) is 0 Å². The van der Waals surface area contributed by atoms with Crippen molar-refractivity contribution in [3.8, 4) is 17.5 Å². The first-order valence-electron chi connectivity index (χ1n) is 9.90. The Balaban J connectivity index is 1.63. The highest BCUT2D eigenvalue weighted by atomic mass is 16.2. The van der Waals surface area contributed by atoms with E-state index in [1.807, 2.05) is 59.3 Å². The van der Waals surface area contributed by atoms with Gasteiger partial charge in [0.25, 0.3) is 5.91 Å². The molecule has 0 unspecified atom stereocenters. The van der Waals surface area contributed by atoms with Crippen molar-refractivity contribution in [1.29, 1.82) is 0 Å². The van der Waals surface area contributed by atoms with Crippen molar-refractivity contribution < 1.29 is 9.59 Å². The van der Waals surface area contributed by atoms with E-state index in [-0.39, 0.29) is 17.7 Å². The van der Waals surface area contributed by atoms with Gasteiger partial charge in [-0.2, -0.15) is 0 Å². The Morgan fingerprint density at radius 1 is 1.03 bits per heavy atom. The summed E-state index contributed by atoms with van der Waals surface area (Å²) in [6, 6.07) is 15.2. The van der Waals surface area contributed by atoms with Gasteiger partial charge in [0.15, 0.2) is 0 Å².